The highest BCUT2D eigenvalue weighted by molar-refractivity contribution is 7.85. The Hall–Kier alpha value is -3.85. The maximum Gasteiger partial charge on any atom is 0.253 e. The summed E-state index contributed by atoms with van der Waals surface area (Å²) in [6.07, 6.45) is 1.84. The van der Waals surface area contributed by atoms with Crippen molar-refractivity contribution in [2.75, 3.05) is 24.4 Å². The molecule has 5 rings (SSSR count). The van der Waals surface area contributed by atoms with Crippen LogP contribution in [0.25, 0.3) is 11.1 Å². The number of piperidine rings is 1. The Morgan fingerprint density at radius 1 is 1.14 bits per heavy atom. The summed E-state index contributed by atoms with van der Waals surface area (Å²) in [6.45, 7) is 1.72. The van der Waals surface area contributed by atoms with Crippen LogP contribution in [0.15, 0.2) is 71.1 Å². The number of phenolic OH excluding ortho intramolecular Hbond substituents is 1. The molecule has 0 bridgehead atoms. The molecule has 1 amide bonds. The average molecular weight is 491 g/mol. The highest BCUT2D eigenvalue weighted by Crippen LogP contribution is 2.31. The summed E-state index contributed by atoms with van der Waals surface area (Å²) in [5.41, 5.74) is 9.60. The third-order valence-corrected chi connectivity index (χ3v) is 6.99. The van der Waals surface area contributed by atoms with Crippen LogP contribution in [-0.2, 0) is 11.2 Å². The van der Waals surface area contributed by atoms with E-state index < -0.39 is 11.2 Å². The number of carbonyl (C=O) groups is 1. The van der Waals surface area contributed by atoms with Gasteiger partial charge in [0.15, 0.2) is 0 Å². The number of nitrogens with zero attached hydrogens (tertiary/aromatic N) is 2. The van der Waals surface area contributed by atoms with Crippen LogP contribution in [0, 0.1) is 5.92 Å². The molecule has 2 heterocycles. The fraction of sp³-hybridized carbons (Fsp3) is 0.231. The quantitative estimate of drug-likeness (QED) is 0.504. The van der Waals surface area contributed by atoms with E-state index in [1.807, 2.05) is 47.4 Å². The summed E-state index contributed by atoms with van der Waals surface area (Å²) in [4.78, 5) is 15.2. The van der Waals surface area contributed by atoms with Gasteiger partial charge in [-0.25, -0.2) is 4.21 Å². The zero-order valence-corrected chi connectivity index (χ0v) is 19.8. The average Bonchev–Trinajstić information content (AvgIpc) is 2.87. The zero-order chi connectivity index (χ0) is 24.4. The zero-order valence-electron chi connectivity index (χ0n) is 19.0. The van der Waals surface area contributed by atoms with Crippen molar-refractivity contribution >= 4 is 28.6 Å². The molecule has 0 radical (unpaired) electrons. The van der Waals surface area contributed by atoms with Gasteiger partial charge in [0, 0.05) is 24.6 Å². The van der Waals surface area contributed by atoms with Crippen molar-refractivity contribution < 1.29 is 18.8 Å². The normalized spacial score (nSPS) is 19.3. The van der Waals surface area contributed by atoms with Crippen molar-refractivity contribution in [3.63, 3.8) is 0 Å². The molecule has 2 aliphatic heterocycles. The fourth-order valence-electron chi connectivity index (χ4n) is 4.55. The number of rotatable bonds is 5. The number of fused-ring (bicyclic) bond motifs is 1. The van der Waals surface area contributed by atoms with Gasteiger partial charge in [0.2, 0.25) is 11.2 Å². The predicted octanol–water partition coefficient (Wildman–Crippen LogP) is 3.70. The van der Waals surface area contributed by atoms with Gasteiger partial charge in [-0.2, -0.15) is 4.40 Å². The second kappa shape index (κ2) is 9.79. The Kier molecular flexibility index (Phi) is 6.41. The monoisotopic (exact) mass is 490 g/mol. The lowest BCUT2D eigenvalue weighted by molar-refractivity contribution is 0.0633. The van der Waals surface area contributed by atoms with Crippen molar-refractivity contribution in [1.82, 2.24) is 4.90 Å². The number of hydrogen-bond acceptors (Lipinski definition) is 5. The van der Waals surface area contributed by atoms with Gasteiger partial charge < -0.3 is 20.5 Å². The van der Waals surface area contributed by atoms with Gasteiger partial charge in [-0.1, -0.05) is 30.3 Å². The van der Waals surface area contributed by atoms with E-state index in [1.54, 1.807) is 24.3 Å². The first-order valence-corrected chi connectivity index (χ1v) is 12.6. The SMILES string of the molecule is NC1=NS(=O)Nc2cccc(OCC3CCCN(C(=O)c4cccc(-c5cccc(O)c5)c4)C3)c21. The Morgan fingerprint density at radius 3 is 2.74 bits per heavy atom. The van der Waals surface area contributed by atoms with Crippen LogP contribution in [0.4, 0.5) is 5.69 Å². The van der Waals surface area contributed by atoms with E-state index in [0.29, 0.717) is 42.3 Å². The number of nitrogens with one attached hydrogen (secondary N) is 1. The summed E-state index contributed by atoms with van der Waals surface area (Å²) >= 11 is -1.59. The van der Waals surface area contributed by atoms with Crippen molar-refractivity contribution in [2.45, 2.75) is 12.8 Å². The second-order valence-corrected chi connectivity index (χ2v) is 9.59. The summed E-state index contributed by atoms with van der Waals surface area (Å²) in [5, 5.41) is 9.79. The minimum absolute atomic E-state index is 0.0168. The number of benzene rings is 3. The lowest BCUT2D eigenvalue weighted by atomic mass is 9.97. The van der Waals surface area contributed by atoms with Gasteiger partial charge in [0.25, 0.3) is 5.91 Å². The molecule has 2 unspecified atom stereocenters. The molecule has 3 aromatic rings. The smallest absolute Gasteiger partial charge is 0.253 e. The van der Waals surface area contributed by atoms with E-state index in [9.17, 15) is 14.1 Å². The summed E-state index contributed by atoms with van der Waals surface area (Å²) in [7, 11) is 0. The Morgan fingerprint density at radius 2 is 1.91 bits per heavy atom. The highest BCUT2D eigenvalue weighted by Gasteiger charge is 2.26. The first kappa shape index (κ1) is 22.9. The minimum atomic E-state index is -1.59. The second-order valence-electron chi connectivity index (χ2n) is 8.71. The molecule has 0 spiro atoms. The van der Waals surface area contributed by atoms with Crippen LogP contribution in [0.1, 0.15) is 28.8 Å². The van der Waals surface area contributed by atoms with E-state index >= 15 is 0 Å². The number of nitrogens with two attached hydrogens (primary N) is 1. The standard InChI is InChI=1S/C26H26N4O4S/c27-25-24-22(28-35(33)29-25)10-3-11-23(24)34-16-17-5-4-12-30(15-17)26(32)20-8-1-6-18(13-20)19-7-2-9-21(31)14-19/h1-3,6-11,13-14,17,28,31H,4-5,12,15-16H2,(H2,27,29). The van der Waals surface area contributed by atoms with E-state index in [-0.39, 0.29) is 23.4 Å². The van der Waals surface area contributed by atoms with Crippen LogP contribution in [0.5, 0.6) is 11.5 Å². The molecule has 0 saturated carbocycles. The number of amidine groups is 1. The third kappa shape index (κ3) is 5.00. The van der Waals surface area contributed by atoms with Gasteiger partial charge in [-0.15, -0.1) is 0 Å². The van der Waals surface area contributed by atoms with Crippen LogP contribution >= 0.6 is 0 Å². The van der Waals surface area contributed by atoms with Gasteiger partial charge in [0.1, 0.15) is 17.3 Å². The van der Waals surface area contributed by atoms with Crippen LogP contribution in [0.3, 0.4) is 0 Å². The first-order chi connectivity index (χ1) is 17.0. The number of hydrogen-bond donors (Lipinski definition) is 3. The van der Waals surface area contributed by atoms with Crippen molar-refractivity contribution in [2.24, 2.45) is 16.0 Å². The topological polar surface area (TPSA) is 117 Å². The highest BCUT2D eigenvalue weighted by atomic mass is 32.2. The first-order valence-electron chi connectivity index (χ1n) is 11.5. The van der Waals surface area contributed by atoms with Gasteiger partial charge in [-0.3, -0.25) is 9.52 Å². The molecule has 2 atom stereocenters. The molecular formula is C26H26N4O4S. The molecule has 2 aliphatic rings. The van der Waals surface area contributed by atoms with Crippen molar-refractivity contribution in [3.05, 3.63) is 77.9 Å². The largest absolute Gasteiger partial charge is 0.508 e. The minimum Gasteiger partial charge on any atom is -0.508 e. The summed E-state index contributed by atoms with van der Waals surface area (Å²) in [5.74, 6) is 1.10. The number of anilines is 1. The molecule has 8 nitrogen and oxygen atoms in total. The molecular weight excluding hydrogens is 464 g/mol. The number of likely N-dealkylation sites (tertiary alicyclic amines) is 1. The van der Waals surface area contributed by atoms with Gasteiger partial charge in [0.05, 0.1) is 17.9 Å². The Bertz CT molecular complexity index is 1330. The van der Waals surface area contributed by atoms with Gasteiger partial charge in [-0.05, 0) is 60.4 Å². The number of aromatic hydroxyl groups is 1. The van der Waals surface area contributed by atoms with E-state index in [2.05, 4.69) is 9.12 Å². The van der Waals surface area contributed by atoms with Gasteiger partial charge >= 0.3 is 0 Å². The molecule has 1 saturated heterocycles. The summed E-state index contributed by atoms with van der Waals surface area (Å²) < 4.78 is 24.5. The van der Waals surface area contributed by atoms with E-state index in [4.69, 9.17) is 10.5 Å². The number of amides is 1. The van der Waals surface area contributed by atoms with Crippen LogP contribution < -0.4 is 15.2 Å². The lowest BCUT2D eigenvalue weighted by Gasteiger charge is -2.33. The molecule has 1 fully saturated rings. The maximum absolute atomic E-state index is 13.3. The van der Waals surface area contributed by atoms with Crippen molar-refractivity contribution in [1.29, 1.82) is 0 Å². The van der Waals surface area contributed by atoms with Crippen LogP contribution in [-0.4, -0.2) is 45.7 Å². The van der Waals surface area contributed by atoms with E-state index in [1.165, 1.54) is 0 Å². The molecule has 180 valence electrons. The number of ether oxygens (including phenoxy) is 1. The molecule has 9 heteroatoms. The molecule has 35 heavy (non-hydrogen) atoms. The number of carbonyl (C=O) groups excluding carboxylic acids is 1. The Balaban J connectivity index is 1.27. The molecule has 4 N–H and O–H groups in total. The summed E-state index contributed by atoms with van der Waals surface area (Å²) in [6, 6.07) is 19.9. The van der Waals surface area contributed by atoms with Crippen molar-refractivity contribution in [3.8, 4) is 22.6 Å². The molecule has 3 aromatic carbocycles. The number of phenols is 1. The predicted molar refractivity (Wildman–Crippen MR) is 137 cm³/mol. The van der Waals surface area contributed by atoms with Crippen LogP contribution in [0.2, 0.25) is 0 Å². The maximum atomic E-state index is 13.3. The Labute approximate surface area is 206 Å². The molecule has 0 aliphatic carbocycles. The lowest BCUT2D eigenvalue weighted by Crippen LogP contribution is -2.41. The molecule has 0 aromatic heterocycles. The van der Waals surface area contributed by atoms with E-state index in [0.717, 1.165) is 24.0 Å². The third-order valence-electron chi connectivity index (χ3n) is 6.23. The fourth-order valence-corrected chi connectivity index (χ4v) is 5.22.